The molecule has 0 amide bonds. The van der Waals surface area contributed by atoms with E-state index in [1.807, 2.05) is 0 Å². The van der Waals surface area contributed by atoms with Crippen LogP contribution in [0.5, 0.6) is 0 Å². The van der Waals surface area contributed by atoms with Crippen LogP contribution in [0.1, 0.15) is 6.42 Å². The largest absolute Gasteiger partial charge is 0.385 e. The minimum atomic E-state index is -0.678. The van der Waals surface area contributed by atoms with Gasteiger partial charge in [0.25, 0.3) is 0 Å². The average Bonchev–Trinajstić information content (AvgIpc) is 2.48. The number of aromatic nitrogens is 2. The maximum atomic E-state index is 13.5. The Balaban J connectivity index is 2.04. The number of nitrogens with zero attached hydrogens (tertiary/aromatic N) is 2. The molecule has 2 rings (SSSR count). The molecule has 2 N–H and O–H groups in total. The van der Waals surface area contributed by atoms with Crippen molar-refractivity contribution in [3.63, 3.8) is 0 Å². The third-order valence-electron chi connectivity index (χ3n) is 2.71. The summed E-state index contributed by atoms with van der Waals surface area (Å²) in [5.74, 6) is -0.477. The number of hydrogen-bond donors (Lipinski definition) is 2. The van der Waals surface area contributed by atoms with Gasteiger partial charge in [-0.15, -0.1) is 0 Å². The summed E-state index contributed by atoms with van der Waals surface area (Å²) in [5.41, 5.74) is -0.235. The van der Waals surface area contributed by atoms with Crippen LogP contribution in [0.15, 0.2) is 30.6 Å². The fourth-order valence-corrected chi connectivity index (χ4v) is 1.70. The lowest BCUT2D eigenvalue weighted by Crippen LogP contribution is -2.07. The molecule has 0 fully saturated rings. The highest BCUT2D eigenvalue weighted by atomic mass is 19.1. The normalized spacial score (nSPS) is 10.4. The molecule has 0 bridgehead atoms. The van der Waals surface area contributed by atoms with Gasteiger partial charge in [0.15, 0.2) is 0 Å². The SMILES string of the molecule is COCCCNc1cc(Nc2c(F)cccc2F)ncn1. The zero-order chi connectivity index (χ0) is 15.1. The molecule has 0 atom stereocenters. The van der Waals surface area contributed by atoms with E-state index < -0.39 is 11.6 Å². The molecule has 1 aromatic carbocycles. The van der Waals surface area contributed by atoms with Gasteiger partial charge in [-0.3, -0.25) is 0 Å². The molecule has 0 aliphatic heterocycles. The van der Waals surface area contributed by atoms with Crippen molar-refractivity contribution in [2.75, 3.05) is 30.9 Å². The van der Waals surface area contributed by atoms with E-state index in [2.05, 4.69) is 20.6 Å². The van der Waals surface area contributed by atoms with Crippen molar-refractivity contribution in [2.45, 2.75) is 6.42 Å². The number of ether oxygens (including phenoxy) is 1. The van der Waals surface area contributed by atoms with E-state index in [4.69, 9.17) is 4.74 Å². The van der Waals surface area contributed by atoms with Crippen LogP contribution in [0.3, 0.4) is 0 Å². The minimum absolute atomic E-state index is 0.235. The highest BCUT2D eigenvalue weighted by molar-refractivity contribution is 5.59. The summed E-state index contributed by atoms with van der Waals surface area (Å²) in [6.45, 7) is 1.32. The van der Waals surface area contributed by atoms with Crippen LogP contribution in [0.2, 0.25) is 0 Å². The fourth-order valence-electron chi connectivity index (χ4n) is 1.70. The Morgan fingerprint density at radius 3 is 2.57 bits per heavy atom. The molecule has 0 spiro atoms. The lowest BCUT2D eigenvalue weighted by atomic mass is 10.3. The van der Waals surface area contributed by atoms with Crippen LogP contribution in [0.4, 0.5) is 26.1 Å². The zero-order valence-electron chi connectivity index (χ0n) is 11.6. The van der Waals surface area contributed by atoms with E-state index in [9.17, 15) is 8.78 Å². The highest BCUT2D eigenvalue weighted by Gasteiger charge is 2.09. The second-order valence-corrected chi connectivity index (χ2v) is 4.28. The van der Waals surface area contributed by atoms with Gasteiger partial charge in [0.1, 0.15) is 35.3 Å². The Kier molecular flexibility index (Phi) is 5.39. The summed E-state index contributed by atoms with van der Waals surface area (Å²) in [7, 11) is 1.63. The van der Waals surface area contributed by atoms with Crippen molar-refractivity contribution in [3.05, 3.63) is 42.2 Å². The number of anilines is 3. The first-order valence-corrected chi connectivity index (χ1v) is 6.46. The molecule has 112 valence electrons. The first-order chi connectivity index (χ1) is 10.2. The zero-order valence-corrected chi connectivity index (χ0v) is 11.6. The van der Waals surface area contributed by atoms with Gasteiger partial charge in [0.05, 0.1) is 0 Å². The standard InChI is InChI=1S/C14H16F2N4O/c1-21-7-3-6-17-12-8-13(19-9-18-12)20-14-10(15)4-2-5-11(14)16/h2,4-5,8-9H,3,6-7H2,1H3,(H2,17,18,19,20). The van der Waals surface area contributed by atoms with Crippen LogP contribution in [0, 0.1) is 11.6 Å². The molecule has 5 nitrogen and oxygen atoms in total. The second kappa shape index (κ2) is 7.49. The first-order valence-electron chi connectivity index (χ1n) is 6.46. The Morgan fingerprint density at radius 2 is 1.86 bits per heavy atom. The lowest BCUT2D eigenvalue weighted by Gasteiger charge is -2.09. The maximum absolute atomic E-state index is 13.5. The summed E-state index contributed by atoms with van der Waals surface area (Å²) in [5, 5.41) is 5.69. The van der Waals surface area contributed by atoms with E-state index in [-0.39, 0.29) is 5.69 Å². The molecule has 21 heavy (non-hydrogen) atoms. The van der Waals surface area contributed by atoms with Crippen LogP contribution >= 0.6 is 0 Å². The van der Waals surface area contributed by atoms with Gasteiger partial charge >= 0.3 is 0 Å². The Morgan fingerprint density at radius 1 is 1.14 bits per heavy atom. The molecule has 0 unspecified atom stereocenters. The predicted octanol–water partition coefficient (Wildman–Crippen LogP) is 2.95. The molecule has 0 saturated heterocycles. The van der Waals surface area contributed by atoms with Crippen molar-refractivity contribution in [1.29, 1.82) is 0 Å². The molecule has 0 radical (unpaired) electrons. The third kappa shape index (κ3) is 4.35. The van der Waals surface area contributed by atoms with Gasteiger partial charge in [-0.05, 0) is 18.6 Å². The molecule has 1 aromatic heterocycles. The molecular weight excluding hydrogens is 278 g/mol. The van der Waals surface area contributed by atoms with Gasteiger partial charge in [-0.1, -0.05) is 6.07 Å². The van der Waals surface area contributed by atoms with Gasteiger partial charge in [0, 0.05) is 26.3 Å². The van der Waals surface area contributed by atoms with E-state index in [0.717, 1.165) is 6.42 Å². The van der Waals surface area contributed by atoms with Crippen LogP contribution in [-0.4, -0.2) is 30.2 Å². The number of methoxy groups -OCH3 is 1. The molecule has 1 heterocycles. The van der Waals surface area contributed by atoms with Crippen molar-refractivity contribution >= 4 is 17.3 Å². The van der Waals surface area contributed by atoms with Crippen LogP contribution in [0.25, 0.3) is 0 Å². The Bertz CT molecular complexity index is 575. The summed E-state index contributed by atoms with van der Waals surface area (Å²) in [6.07, 6.45) is 2.14. The average molecular weight is 294 g/mol. The van der Waals surface area contributed by atoms with E-state index >= 15 is 0 Å². The Hall–Kier alpha value is -2.28. The number of halogens is 2. The monoisotopic (exact) mass is 294 g/mol. The van der Waals surface area contributed by atoms with Crippen molar-refractivity contribution in [1.82, 2.24) is 9.97 Å². The molecule has 7 heteroatoms. The van der Waals surface area contributed by atoms with Gasteiger partial charge in [-0.25, -0.2) is 18.7 Å². The first kappa shape index (κ1) is 15.1. The topological polar surface area (TPSA) is 59.1 Å². The number of para-hydroxylation sites is 1. The number of rotatable bonds is 7. The quantitative estimate of drug-likeness (QED) is 0.769. The van der Waals surface area contributed by atoms with Gasteiger partial charge in [0.2, 0.25) is 0 Å². The highest BCUT2D eigenvalue weighted by Crippen LogP contribution is 2.22. The van der Waals surface area contributed by atoms with Gasteiger partial charge < -0.3 is 15.4 Å². The molecule has 2 aromatic rings. The van der Waals surface area contributed by atoms with E-state index in [1.54, 1.807) is 13.2 Å². The summed E-state index contributed by atoms with van der Waals surface area (Å²) < 4.78 is 32.0. The Labute approximate surface area is 121 Å². The molecule has 0 saturated carbocycles. The summed E-state index contributed by atoms with van der Waals surface area (Å²) in [4.78, 5) is 7.97. The van der Waals surface area contributed by atoms with Crippen molar-refractivity contribution in [2.24, 2.45) is 0 Å². The molecule has 0 aliphatic carbocycles. The van der Waals surface area contributed by atoms with E-state index in [0.29, 0.717) is 24.8 Å². The molecule has 0 aliphatic rings. The number of nitrogens with one attached hydrogen (secondary N) is 2. The summed E-state index contributed by atoms with van der Waals surface area (Å²) in [6, 6.07) is 5.24. The number of benzene rings is 1. The van der Waals surface area contributed by atoms with Crippen molar-refractivity contribution in [3.8, 4) is 0 Å². The maximum Gasteiger partial charge on any atom is 0.149 e. The molecular formula is C14H16F2N4O. The van der Waals surface area contributed by atoms with Crippen molar-refractivity contribution < 1.29 is 13.5 Å². The minimum Gasteiger partial charge on any atom is -0.385 e. The van der Waals surface area contributed by atoms with E-state index in [1.165, 1.54) is 24.5 Å². The third-order valence-corrected chi connectivity index (χ3v) is 2.71. The van der Waals surface area contributed by atoms with Gasteiger partial charge in [-0.2, -0.15) is 0 Å². The summed E-state index contributed by atoms with van der Waals surface area (Å²) >= 11 is 0. The lowest BCUT2D eigenvalue weighted by molar-refractivity contribution is 0.198. The number of hydrogen-bond acceptors (Lipinski definition) is 5. The second-order valence-electron chi connectivity index (χ2n) is 4.28. The smallest absolute Gasteiger partial charge is 0.149 e. The van der Waals surface area contributed by atoms with Crippen LogP contribution in [-0.2, 0) is 4.74 Å². The fraction of sp³-hybridized carbons (Fsp3) is 0.286. The van der Waals surface area contributed by atoms with Crippen LogP contribution < -0.4 is 10.6 Å². The predicted molar refractivity (Wildman–Crippen MR) is 76.7 cm³/mol.